The molecule has 0 spiro atoms. The Labute approximate surface area is 225 Å². The van der Waals surface area contributed by atoms with Crippen molar-refractivity contribution in [3.05, 3.63) is 58.1 Å². The number of aromatic nitrogens is 4. The number of hydrogen-bond acceptors (Lipinski definition) is 7. The predicted octanol–water partition coefficient (Wildman–Crippen LogP) is 4.60. The molecule has 10 nitrogen and oxygen atoms in total. The number of alkyl halides is 2. The average Bonchev–Trinajstić information content (AvgIpc) is 3.49. The third kappa shape index (κ3) is 4.87. The van der Waals surface area contributed by atoms with E-state index in [1.807, 2.05) is 0 Å². The molecule has 6 rings (SSSR count). The van der Waals surface area contributed by atoms with Crippen LogP contribution in [0.5, 0.6) is 17.2 Å². The number of nitrogens with zero attached hydrogens (tertiary/aromatic N) is 4. The maximum atomic E-state index is 13.4. The Morgan fingerprint density at radius 3 is 2.77 bits per heavy atom. The highest BCUT2D eigenvalue weighted by Gasteiger charge is 2.43. The molecule has 2 aliphatic rings. The Kier molecular flexibility index (Phi) is 6.13. The van der Waals surface area contributed by atoms with Gasteiger partial charge in [0.05, 0.1) is 23.5 Å². The Morgan fingerprint density at radius 2 is 2.03 bits per heavy atom. The highest BCUT2D eigenvalue weighted by atomic mass is 35.5. The fourth-order valence-electron chi connectivity index (χ4n) is 4.36. The molecule has 1 aliphatic carbocycles. The van der Waals surface area contributed by atoms with E-state index in [-0.39, 0.29) is 23.6 Å². The molecule has 1 fully saturated rings. The number of ether oxygens (including phenoxy) is 3. The molecule has 0 bridgehead atoms. The van der Waals surface area contributed by atoms with Crippen LogP contribution >= 0.6 is 11.6 Å². The van der Waals surface area contributed by atoms with Gasteiger partial charge in [-0.3, -0.25) is 9.59 Å². The number of likely N-dealkylation sites (N-methyl/N-ethyl adjacent to an activating group) is 1. The molecule has 1 amide bonds. The van der Waals surface area contributed by atoms with Gasteiger partial charge in [-0.15, -0.1) is 8.78 Å². The summed E-state index contributed by atoms with van der Waals surface area (Å²) in [6, 6.07) is 9.23. The molecule has 3 heterocycles. The summed E-state index contributed by atoms with van der Waals surface area (Å²) in [6.45, 7) is 2.09. The lowest BCUT2D eigenvalue weighted by atomic mass is 10.1. The summed E-state index contributed by atoms with van der Waals surface area (Å²) in [5.41, 5.74) is 1.20. The van der Waals surface area contributed by atoms with Gasteiger partial charge >= 0.3 is 6.29 Å². The van der Waals surface area contributed by atoms with Crippen molar-refractivity contribution in [2.75, 3.05) is 18.1 Å². The van der Waals surface area contributed by atoms with Gasteiger partial charge in [0.25, 0.3) is 5.56 Å². The van der Waals surface area contributed by atoms with Crippen LogP contribution in [0.1, 0.15) is 19.8 Å². The second-order valence-electron chi connectivity index (χ2n) is 9.27. The van der Waals surface area contributed by atoms with Crippen LogP contribution in [0.15, 0.2) is 47.5 Å². The standard InChI is InChI=1S/C26H22ClF2N5O5/c1-2-33(16-6-8-19-20(10-16)39-26(28,29)38-19)21(35)11-34-25(36)24-23(30-13-31-24)22(32-34)15-5-7-18(17(27)9-15)37-12-14-3-4-14/h5-10,13-14H,2-4,11-12H2,1H3,(H,30,31). The summed E-state index contributed by atoms with van der Waals surface area (Å²) in [4.78, 5) is 34.8. The summed E-state index contributed by atoms with van der Waals surface area (Å²) in [7, 11) is 0. The Bertz CT molecular complexity index is 1650. The van der Waals surface area contributed by atoms with Crippen LogP contribution in [0.3, 0.4) is 0 Å². The van der Waals surface area contributed by atoms with Crippen molar-refractivity contribution in [3.63, 3.8) is 0 Å². The van der Waals surface area contributed by atoms with Crippen molar-refractivity contribution < 1.29 is 27.8 Å². The first-order valence-electron chi connectivity index (χ1n) is 12.3. The SMILES string of the molecule is CCN(C(=O)Cn1nc(-c2ccc(OCC3CC3)c(Cl)c2)c2[nH]cnc2c1=O)c1ccc2c(c1)OC(F)(F)O2. The van der Waals surface area contributed by atoms with Crippen LogP contribution in [0, 0.1) is 5.92 Å². The Hall–Kier alpha value is -4.19. The molecule has 1 saturated carbocycles. The second kappa shape index (κ2) is 9.53. The minimum Gasteiger partial charge on any atom is -0.492 e. The number of rotatable bonds is 8. The number of imidazole rings is 1. The molecule has 0 atom stereocenters. The smallest absolute Gasteiger partial charge is 0.492 e. The molecule has 0 radical (unpaired) electrons. The fraction of sp³-hybridized carbons (Fsp3) is 0.308. The largest absolute Gasteiger partial charge is 0.586 e. The lowest BCUT2D eigenvalue weighted by molar-refractivity contribution is -0.286. The van der Waals surface area contributed by atoms with Crippen molar-refractivity contribution in [2.24, 2.45) is 5.92 Å². The monoisotopic (exact) mass is 557 g/mol. The molecule has 0 unspecified atom stereocenters. The number of nitrogens with one attached hydrogen (secondary N) is 1. The third-order valence-corrected chi connectivity index (χ3v) is 6.80. The number of hydrogen-bond donors (Lipinski definition) is 1. The van der Waals surface area contributed by atoms with Crippen LogP contribution in [0.25, 0.3) is 22.3 Å². The van der Waals surface area contributed by atoms with Crippen molar-refractivity contribution in [3.8, 4) is 28.5 Å². The average molecular weight is 558 g/mol. The fourth-order valence-corrected chi connectivity index (χ4v) is 4.60. The quantitative estimate of drug-likeness (QED) is 0.337. The summed E-state index contributed by atoms with van der Waals surface area (Å²) < 4.78 is 42.6. The van der Waals surface area contributed by atoms with E-state index in [4.69, 9.17) is 16.3 Å². The lowest BCUT2D eigenvalue weighted by Gasteiger charge is -2.21. The number of halogens is 3. The molecular formula is C26H22ClF2N5O5. The number of amides is 1. The summed E-state index contributed by atoms with van der Waals surface area (Å²) >= 11 is 6.48. The number of aromatic amines is 1. The molecule has 2 aromatic heterocycles. The molecule has 4 aromatic rings. The number of carbonyl (C=O) groups is 1. The molecule has 202 valence electrons. The van der Waals surface area contributed by atoms with Crippen LogP contribution in [-0.4, -0.2) is 45.1 Å². The van der Waals surface area contributed by atoms with Crippen LogP contribution < -0.4 is 24.7 Å². The van der Waals surface area contributed by atoms with Gasteiger partial charge in [0, 0.05) is 23.9 Å². The van der Waals surface area contributed by atoms with Gasteiger partial charge in [0.15, 0.2) is 17.0 Å². The zero-order valence-corrected chi connectivity index (χ0v) is 21.4. The first-order valence-corrected chi connectivity index (χ1v) is 12.7. The van der Waals surface area contributed by atoms with Gasteiger partial charge in [-0.2, -0.15) is 5.10 Å². The van der Waals surface area contributed by atoms with E-state index < -0.39 is 24.3 Å². The van der Waals surface area contributed by atoms with Gasteiger partial charge in [0.1, 0.15) is 18.0 Å². The summed E-state index contributed by atoms with van der Waals surface area (Å²) in [5.74, 6) is 0.286. The zero-order valence-electron chi connectivity index (χ0n) is 20.6. The molecule has 39 heavy (non-hydrogen) atoms. The molecule has 2 aromatic carbocycles. The van der Waals surface area contributed by atoms with E-state index in [0.29, 0.717) is 45.8 Å². The topological polar surface area (TPSA) is 112 Å². The first kappa shape index (κ1) is 25.1. The van der Waals surface area contributed by atoms with Gasteiger partial charge in [-0.05, 0) is 56.0 Å². The molecule has 0 saturated heterocycles. The molecule has 1 N–H and O–H groups in total. The number of carbonyl (C=O) groups excluding carboxylic acids is 1. The van der Waals surface area contributed by atoms with E-state index in [0.717, 1.165) is 17.5 Å². The number of H-pyrrole nitrogens is 1. The first-order chi connectivity index (χ1) is 18.7. The van der Waals surface area contributed by atoms with Crippen molar-refractivity contribution >= 4 is 34.2 Å². The van der Waals surface area contributed by atoms with Crippen molar-refractivity contribution in [1.29, 1.82) is 0 Å². The highest BCUT2D eigenvalue weighted by Crippen LogP contribution is 2.43. The van der Waals surface area contributed by atoms with Gasteiger partial charge in [0.2, 0.25) is 5.91 Å². The van der Waals surface area contributed by atoms with E-state index in [1.54, 1.807) is 25.1 Å². The number of anilines is 1. The van der Waals surface area contributed by atoms with Gasteiger partial charge in [-0.25, -0.2) is 9.67 Å². The Balaban J connectivity index is 1.30. The maximum absolute atomic E-state index is 13.4. The van der Waals surface area contributed by atoms with Crippen molar-refractivity contribution in [1.82, 2.24) is 19.7 Å². The van der Waals surface area contributed by atoms with Crippen LogP contribution in [0.2, 0.25) is 5.02 Å². The predicted molar refractivity (Wildman–Crippen MR) is 137 cm³/mol. The van der Waals surface area contributed by atoms with Crippen LogP contribution in [0.4, 0.5) is 14.5 Å². The van der Waals surface area contributed by atoms with E-state index in [1.165, 1.54) is 29.4 Å². The minimum absolute atomic E-state index is 0.103. The molecule has 13 heteroatoms. The number of benzene rings is 2. The molecular weight excluding hydrogens is 536 g/mol. The van der Waals surface area contributed by atoms with Gasteiger partial charge in [-0.1, -0.05) is 11.6 Å². The second-order valence-corrected chi connectivity index (χ2v) is 9.68. The maximum Gasteiger partial charge on any atom is 0.586 e. The minimum atomic E-state index is -3.78. The number of fused-ring (bicyclic) bond motifs is 2. The van der Waals surface area contributed by atoms with E-state index in [2.05, 4.69) is 24.5 Å². The van der Waals surface area contributed by atoms with Crippen molar-refractivity contribution in [2.45, 2.75) is 32.6 Å². The molecule has 1 aliphatic heterocycles. The third-order valence-electron chi connectivity index (χ3n) is 6.51. The van der Waals surface area contributed by atoms with Gasteiger partial charge < -0.3 is 24.1 Å². The van der Waals surface area contributed by atoms with E-state index >= 15 is 0 Å². The lowest BCUT2D eigenvalue weighted by Crippen LogP contribution is -2.37. The summed E-state index contributed by atoms with van der Waals surface area (Å²) in [6.07, 6.45) is -0.104. The highest BCUT2D eigenvalue weighted by molar-refractivity contribution is 6.32. The van der Waals surface area contributed by atoms with E-state index in [9.17, 15) is 18.4 Å². The zero-order chi connectivity index (χ0) is 27.3. The normalized spacial score (nSPS) is 15.5. The van der Waals surface area contributed by atoms with Crippen LogP contribution in [-0.2, 0) is 11.3 Å². The summed E-state index contributed by atoms with van der Waals surface area (Å²) in [5, 5.41) is 4.86. The Morgan fingerprint density at radius 1 is 1.23 bits per heavy atom.